The van der Waals surface area contributed by atoms with Crippen LogP contribution in [0, 0.1) is 5.82 Å². The quantitative estimate of drug-likeness (QED) is 0.383. The predicted molar refractivity (Wildman–Crippen MR) is 160 cm³/mol. The SMILES string of the molecule is CC(C)n1c(C(C)(C)O)nc2c(F)cc(-c3nc(N[C@@H]4C[C@H]5CO[C@@H](C4=O)N5S(=O)(=O)C4CCCCC4)ncc3Cl)cc21. The molecule has 4 heterocycles. The Hall–Kier alpha value is -2.71. The van der Waals surface area contributed by atoms with E-state index >= 15 is 4.39 Å². The molecule has 1 aliphatic carbocycles. The number of hydrogen-bond acceptors (Lipinski definition) is 9. The molecule has 232 valence electrons. The van der Waals surface area contributed by atoms with Gasteiger partial charge in [-0.25, -0.2) is 27.8 Å². The standard InChI is InChI=1S/C29H36ClFN6O5S/c1-15(2)36-22-11-16(10-20(31)24(22)34-27(36)29(3,4)39)23-19(30)13-32-28(35-23)33-21-12-17-14-42-26(25(21)38)37(17)43(40,41)18-8-6-5-7-9-18/h10-11,13,15,17-18,21,26,39H,5-9,12,14H2,1-4H3,(H,32,33,35)/t17-,21+,26-/m0/s1. The highest BCUT2D eigenvalue weighted by molar-refractivity contribution is 7.89. The molecule has 0 spiro atoms. The number of imidazole rings is 1. The van der Waals surface area contributed by atoms with Crippen LogP contribution < -0.4 is 5.32 Å². The molecular formula is C29H36ClFN6O5S. The van der Waals surface area contributed by atoms with E-state index in [1.807, 2.05) is 13.8 Å². The topological polar surface area (TPSA) is 140 Å². The van der Waals surface area contributed by atoms with Gasteiger partial charge in [0.2, 0.25) is 16.0 Å². The van der Waals surface area contributed by atoms with E-state index in [0.29, 0.717) is 29.7 Å². The molecule has 1 aromatic carbocycles. The minimum Gasteiger partial charge on any atom is -0.383 e. The number of carbonyl (C=O) groups is 1. The van der Waals surface area contributed by atoms with Gasteiger partial charge in [-0.3, -0.25) is 4.79 Å². The number of fused-ring (bicyclic) bond motifs is 3. The molecule has 3 atom stereocenters. The Balaban J connectivity index is 1.29. The summed E-state index contributed by atoms with van der Waals surface area (Å²) >= 11 is 6.49. The third-order valence-corrected chi connectivity index (χ3v) is 11.2. The summed E-state index contributed by atoms with van der Waals surface area (Å²) in [5.74, 6) is -0.578. The van der Waals surface area contributed by atoms with Gasteiger partial charge < -0.3 is 19.7 Å². The normalized spacial score (nSPS) is 23.9. The first-order valence-electron chi connectivity index (χ1n) is 14.7. The summed E-state index contributed by atoms with van der Waals surface area (Å²) in [6.45, 7) is 7.17. The van der Waals surface area contributed by atoms with E-state index in [1.54, 1.807) is 24.5 Å². The van der Waals surface area contributed by atoms with E-state index in [4.69, 9.17) is 16.3 Å². The number of halogens is 2. The van der Waals surface area contributed by atoms with Crippen molar-refractivity contribution in [1.82, 2.24) is 23.8 Å². The maximum Gasteiger partial charge on any atom is 0.223 e. The van der Waals surface area contributed by atoms with Crippen molar-refractivity contribution in [2.24, 2.45) is 0 Å². The summed E-state index contributed by atoms with van der Waals surface area (Å²) in [6.07, 6.45) is 4.32. The summed E-state index contributed by atoms with van der Waals surface area (Å²) in [6, 6.07) is 1.61. The number of piperidine rings is 1. The molecule has 2 aromatic heterocycles. The molecule has 3 fully saturated rings. The Morgan fingerprint density at radius 3 is 2.58 bits per heavy atom. The molecule has 2 bridgehead atoms. The number of rotatable bonds is 7. The third kappa shape index (κ3) is 5.33. The second-order valence-corrected chi connectivity index (χ2v) is 15.0. The number of ether oxygens (including phenoxy) is 1. The first kappa shape index (κ1) is 30.3. The number of aromatic nitrogens is 4. The fraction of sp³-hybridized carbons (Fsp3) is 0.586. The third-order valence-electron chi connectivity index (χ3n) is 8.53. The fourth-order valence-electron chi connectivity index (χ4n) is 6.53. The number of anilines is 1. The fourth-order valence-corrected chi connectivity index (χ4v) is 8.99. The van der Waals surface area contributed by atoms with Gasteiger partial charge in [-0.05, 0) is 59.1 Å². The largest absolute Gasteiger partial charge is 0.383 e. The number of nitrogens with one attached hydrogen (secondary N) is 1. The van der Waals surface area contributed by atoms with Crippen molar-refractivity contribution in [3.8, 4) is 11.3 Å². The van der Waals surface area contributed by atoms with Crippen LogP contribution in [0.3, 0.4) is 0 Å². The second-order valence-electron chi connectivity index (χ2n) is 12.5. The molecule has 2 N–H and O–H groups in total. The van der Waals surface area contributed by atoms with E-state index in [-0.39, 0.29) is 41.3 Å². The molecule has 0 unspecified atom stereocenters. The lowest BCUT2D eigenvalue weighted by atomic mass is 9.99. The van der Waals surface area contributed by atoms with Crippen LogP contribution in [0.2, 0.25) is 5.02 Å². The Morgan fingerprint density at radius 1 is 1.19 bits per heavy atom. The lowest BCUT2D eigenvalue weighted by molar-refractivity contribution is -0.134. The highest BCUT2D eigenvalue weighted by Crippen LogP contribution is 2.38. The first-order valence-corrected chi connectivity index (χ1v) is 16.6. The van der Waals surface area contributed by atoms with E-state index in [2.05, 4.69) is 20.3 Å². The van der Waals surface area contributed by atoms with Gasteiger partial charge >= 0.3 is 0 Å². The molecule has 0 amide bonds. The summed E-state index contributed by atoms with van der Waals surface area (Å²) in [5.41, 5.74) is -0.102. The number of benzene rings is 1. The van der Waals surface area contributed by atoms with E-state index in [9.17, 15) is 18.3 Å². The van der Waals surface area contributed by atoms with Crippen molar-refractivity contribution in [2.45, 2.75) is 101 Å². The van der Waals surface area contributed by atoms with Gasteiger partial charge in [-0.1, -0.05) is 30.9 Å². The number of aliphatic hydroxyl groups is 1. The molecule has 0 radical (unpaired) electrons. The van der Waals surface area contributed by atoms with Gasteiger partial charge in [0.25, 0.3) is 0 Å². The molecule has 11 nitrogen and oxygen atoms in total. The number of nitrogens with zero attached hydrogens (tertiary/aromatic N) is 5. The summed E-state index contributed by atoms with van der Waals surface area (Å²) < 4.78 is 51.1. The zero-order chi connectivity index (χ0) is 30.8. The van der Waals surface area contributed by atoms with Gasteiger partial charge in [0.15, 0.2) is 17.8 Å². The smallest absolute Gasteiger partial charge is 0.223 e. The van der Waals surface area contributed by atoms with Crippen LogP contribution in [0.5, 0.6) is 0 Å². The average molecular weight is 635 g/mol. The highest BCUT2D eigenvalue weighted by Gasteiger charge is 2.54. The Kier molecular flexibility index (Phi) is 7.77. The van der Waals surface area contributed by atoms with E-state index < -0.39 is 50.8 Å². The van der Waals surface area contributed by atoms with Crippen LogP contribution in [-0.4, -0.2) is 73.3 Å². The van der Waals surface area contributed by atoms with E-state index in [1.165, 1.54) is 16.6 Å². The molecule has 2 aliphatic heterocycles. The average Bonchev–Trinajstić information content (AvgIpc) is 3.53. The van der Waals surface area contributed by atoms with Crippen LogP contribution in [0.1, 0.15) is 78.1 Å². The maximum absolute atomic E-state index is 15.4. The van der Waals surface area contributed by atoms with Crippen molar-refractivity contribution in [3.63, 3.8) is 0 Å². The molecule has 2 saturated heterocycles. The van der Waals surface area contributed by atoms with Crippen molar-refractivity contribution in [1.29, 1.82) is 0 Å². The molecule has 1 saturated carbocycles. The summed E-state index contributed by atoms with van der Waals surface area (Å²) in [7, 11) is -3.69. The van der Waals surface area contributed by atoms with Gasteiger partial charge in [0.05, 0.1) is 46.4 Å². The zero-order valence-corrected chi connectivity index (χ0v) is 26.1. The van der Waals surface area contributed by atoms with Crippen molar-refractivity contribution < 1.29 is 27.4 Å². The van der Waals surface area contributed by atoms with Gasteiger partial charge in [-0.2, -0.15) is 4.31 Å². The maximum atomic E-state index is 15.4. The Morgan fingerprint density at radius 2 is 1.91 bits per heavy atom. The van der Waals surface area contributed by atoms with Crippen LogP contribution >= 0.6 is 11.6 Å². The minimum absolute atomic E-state index is 0.0933. The number of sulfonamides is 1. The van der Waals surface area contributed by atoms with Crippen molar-refractivity contribution in [3.05, 3.63) is 35.0 Å². The molecule has 14 heteroatoms. The second kappa shape index (κ2) is 11.0. The molecule has 6 rings (SSSR count). The number of ketones is 1. The van der Waals surface area contributed by atoms with Gasteiger partial charge in [0.1, 0.15) is 16.9 Å². The van der Waals surface area contributed by atoms with Crippen molar-refractivity contribution >= 4 is 44.4 Å². The van der Waals surface area contributed by atoms with E-state index in [0.717, 1.165) is 19.3 Å². The lowest BCUT2D eigenvalue weighted by Crippen LogP contribution is -2.58. The van der Waals surface area contributed by atoms with Crippen LogP contribution in [0.15, 0.2) is 18.3 Å². The first-order chi connectivity index (χ1) is 20.3. The lowest BCUT2D eigenvalue weighted by Gasteiger charge is -2.37. The molecule has 43 heavy (non-hydrogen) atoms. The summed E-state index contributed by atoms with van der Waals surface area (Å²) in [4.78, 5) is 26.7. The minimum atomic E-state index is -3.69. The van der Waals surface area contributed by atoms with Crippen LogP contribution in [0.4, 0.5) is 10.3 Å². The zero-order valence-electron chi connectivity index (χ0n) is 24.5. The van der Waals surface area contributed by atoms with Gasteiger partial charge in [-0.15, -0.1) is 0 Å². The van der Waals surface area contributed by atoms with Gasteiger partial charge in [0, 0.05) is 11.6 Å². The Bertz CT molecular complexity index is 1680. The molecular weight excluding hydrogens is 599 g/mol. The van der Waals surface area contributed by atoms with Crippen LogP contribution in [0.25, 0.3) is 22.3 Å². The highest BCUT2D eigenvalue weighted by atomic mass is 35.5. The molecule has 3 aromatic rings. The number of hydrogen-bond donors (Lipinski definition) is 2. The molecule has 3 aliphatic rings. The Labute approximate surface area is 254 Å². The van der Waals surface area contributed by atoms with Crippen LogP contribution in [-0.2, 0) is 25.2 Å². The monoisotopic (exact) mass is 634 g/mol. The predicted octanol–water partition coefficient (Wildman–Crippen LogP) is 4.54. The van der Waals surface area contributed by atoms with Crippen molar-refractivity contribution in [2.75, 3.05) is 11.9 Å². The number of carbonyl (C=O) groups excluding carboxylic acids is 1. The number of Topliss-reactive ketones (excluding diaryl/α,β-unsaturated/α-hetero) is 1. The summed E-state index contributed by atoms with van der Waals surface area (Å²) in [5, 5.41) is 13.4.